The van der Waals surface area contributed by atoms with Gasteiger partial charge in [-0.1, -0.05) is 52.8 Å². The molecular weight excluding hydrogens is 448 g/mol. The summed E-state index contributed by atoms with van der Waals surface area (Å²) in [5.41, 5.74) is 3.86. The Labute approximate surface area is 204 Å². The maximum absolute atomic E-state index is 11.6. The number of hydrogen-bond acceptors (Lipinski definition) is 8. The summed E-state index contributed by atoms with van der Waals surface area (Å²) in [5, 5.41) is 7.99. The summed E-state index contributed by atoms with van der Waals surface area (Å²) in [5.74, 6) is 1.01. The van der Waals surface area contributed by atoms with E-state index in [2.05, 4.69) is 10.3 Å². The quantitative estimate of drug-likeness (QED) is 0.216. The van der Waals surface area contributed by atoms with Crippen LogP contribution in [0.25, 0.3) is 0 Å². The van der Waals surface area contributed by atoms with Crippen LogP contribution in [-0.2, 0) is 25.8 Å². The van der Waals surface area contributed by atoms with E-state index < -0.39 is 5.97 Å². The largest absolute Gasteiger partial charge is 0.489 e. The molecule has 0 atom stereocenters. The summed E-state index contributed by atoms with van der Waals surface area (Å²) in [4.78, 5) is 21.4. The molecule has 0 unspecified atom stereocenters. The van der Waals surface area contributed by atoms with Crippen molar-refractivity contribution in [3.05, 3.63) is 95.6 Å². The number of benzene rings is 3. The summed E-state index contributed by atoms with van der Waals surface area (Å²) < 4.78 is 16.5. The first-order valence-corrected chi connectivity index (χ1v) is 10.9. The van der Waals surface area contributed by atoms with E-state index in [0.29, 0.717) is 29.5 Å². The zero-order valence-corrected chi connectivity index (χ0v) is 20.0. The minimum atomic E-state index is -0.393. The second kappa shape index (κ2) is 13.4. The van der Waals surface area contributed by atoms with Crippen LogP contribution in [0.4, 0.5) is 0 Å². The van der Waals surface area contributed by atoms with E-state index in [4.69, 9.17) is 23.9 Å². The predicted octanol–water partition coefficient (Wildman–Crippen LogP) is 4.61. The standard InChI is InChI=1S/C27H28N2O6/c1-31-27(30)17-25(28-32-2)22-11-15-24(16-12-22)34-18-20-9-13-23(14-10-20)35-19-26(29-33-3)21-7-5-4-6-8-21/h4-16H,17-19H2,1-3H3. The Morgan fingerprint density at radius 1 is 0.686 bits per heavy atom. The molecule has 8 heteroatoms. The van der Waals surface area contributed by atoms with E-state index in [1.54, 1.807) is 0 Å². The number of ether oxygens (including phenoxy) is 3. The average Bonchev–Trinajstić information content (AvgIpc) is 2.91. The Balaban J connectivity index is 1.54. The van der Waals surface area contributed by atoms with Crippen molar-refractivity contribution < 1.29 is 28.7 Å². The van der Waals surface area contributed by atoms with E-state index in [1.807, 2.05) is 78.9 Å². The highest BCUT2D eigenvalue weighted by Gasteiger charge is 2.12. The van der Waals surface area contributed by atoms with Crippen molar-refractivity contribution in [2.75, 3.05) is 27.9 Å². The Bertz CT molecular complexity index is 1130. The summed E-state index contributed by atoms with van der Waals surface area (Å²) in [6.45, 7) is 0.672. The number of carbonyl (C=O) groups is 1. The van der Waals surface area contributed by atoms with Crippen molar-refractivity contribution in [2.45, 2.75) is 13.0 Å². The molecule has 182 valence electrons. The van der Waals surface area contributed by atoms with Crippen LogP contribution in [0.3, 0.4) is 0 Å². The second-order valence-electron chi connectivity index (χ2n) is 7.31. The Morgan fingerprint density at radius 2 is 1.26 bits per heavy atom. The maximum atomic E-state index is 11.6. The number of rotatable bonds is 12. The number of hydrogen-bond donors (Lipinski definition) is 0. The predicted molar refractivity (Wildman–Crippen MR) is 133 cm³/mol. The SMILES string of the molecule is CON=C(COc1ccc(COc2ccc(C(CC(=O)OC)=NOC)cc2)cc1)c1ccccc1. The third-order valence-corrected chi connectivity index (χ3v) is 4.94. The molecule has 0 aromatic heterocycles. The number of nitrogens with zero attached hydrogens (tertiary/aromatic N) is 2. The van der Waals surface area contributed by atoms with E-state index >= 15 is 0 Å². The smallest absolute Gasteiger partial charge is 0.311 e. The van der Waals surface area contributed by atoms with Gasteiger partial charge in [-0.25, -0.2) is 0 Å². The van der Waals surface area contributed by atoms with Gasteiger partial charge in [0, 0.05) is 11.1 Å². The molecule has 0 spiro atoms. The summed E-state index contributed by atoms with van der Waals surface area (Å²) >= 11 is 0. The first-order chi connectivity index (χ1) is 17.1. The highest BCUT2D eigenvalue weighted by Crippen LogP contribution is 2.18. The average molecular weight is 477 g/mol. The monoisotopic (exact) mass is 476 g/mol. The van der Waals surface area contributed by atoms with Crippen LogP contribution < -0.4 is 9.47 Å². The van der Waals surface area contributed by atoms with Crippen LogP contribution in [0.5, 0.6) is 11.5 Å². The molecule has 0 aliphatic rings. The minimum absolute atomic E-state index is 0.0170. The van der Waals surface area contributed by atoms with Crippen molar-refractivity contribution in [1.82, 2.24) is 0 Å². The van der Waals surface area contributed by atoms with Crippen molar-refractivity contribution in [3.63, 3.8) is 0 Å². The molecule has 0 bridgehead atoms. The lowest BCUT2D eigenvalue weighted by Crippen LogP contribution is -2.13. The van der Waals surface area contributed by atoms with Gasteiger partial charge < -0.3 is 23.9 Å². The van der Waals surface area contributed by atoms with Gasteiger partial charge in [-0.05, 0) is 42.0 Å². The van der Waals surface area contributed by atoms with Gasteiger partial charge in [0.05, 0.1) is 19.2 Å². The van der Waals surface area contributed by atoms with Gasteiger partial charge in [-0.15, -0.1) is 0 Å². The third kappa shape index (κ3) is 7.89. The van der Waals surface area contributed by atoms with Crippen molar-refractivity contribution >= 4 is 17.4 Å². The lowest BCUT2D eigenvalue weighted by atomic mass is 10.1. The van der Waals surface area contributed by atoms with Crippen molar-refractivity contribution in [2.24, 2.45) is 10.3 Å². The molecule has 0 radical (unpaired) electrons. The molecule has 35 heavy (non-hydrogen) atoms. The Kier molecular flexibility index (Phi) is 9.68. The zero-order valence-electron chi connectivity index (χ0n) is 20.0. The molecule has 0 N–H and O–H groups in total. The third-order valence-electron chi connectivity index (χ3n) is 4.94. The number of esters is 1. The minimum Gasteiger partial charge on any atom is -0.489 e. The fourth-order valence-electron chi connectivity index (χ4n) is 3.15. The Morgan fingerprint density at radius 3 is 1.89 bits per heavy atom. The summed E-state index contributed by atoms with van der Waals surface area (Å²) in [6, 6.07) is 24.7. The van der Waals surface area contributed by atoms with Crippen LogP contribution in [0, 0.1) is 0 Å². The van der Waals surface area contributed by atoms with E-state index in [0.717, 1.165) is 16.7 Å². The molecular formula is C27H28N2O6. The molecule has 0 heterocycles. The van der Waals surface area contributed by atoms with Gasteiger partial charge in [-0.2, -0.15) is 0 Å². The first kappa shape index (κ1) is 25.3. The van der Waals surface area contributed by atoms with Crippen molar-refractivity contribution in [1.29, 1.82) is 0 Å². The molecule has 3 rings (SSSR count). The van der Waals surface area contributed by atoms with Gasteiger partial charge in [0.2, 0.25) is 0 Å². The topological polar surface area (TPSA) is 87.9 Å². The lowest BCUT2D eigenvalue weighted by molar-refractivity contribution is -0.139. The summed E-state index contributed by atoms with van der Waals surface area (Å²) in [6.07, 6.45) is 0.0170. The molecule has 3 aromatic rings. The molecule has 8 nitrogen and oxygen atoms in total. The van der Waals surface area contributed by atoms with Gasteiger partial charge in [0.25, 0.3) is 0 Å². The molecule has 0 amide bonds. The van der Waals surface area contributed by atoms with Gasteiger partial charge in [0.15, 0.2) is 0 Å². The number of methoxy groups -OCH3 is 1. The normalized spacial score (nSPS) is 11.5. The van der Waals surface area contributed by atoms with Crippen LogP contribution in [0.1, 0.15) is 23.1 Å². The Hall–Kier alpha value is -4.33. The van der Waals surface area contributed by atoms with Crippen LogP contribution in [-0.4, -0.2) is 45.3 Å². The van der Waals surface area contributed by atoms with E-state index in [-0.39, 0.29) is 13.0 Å². The van der Waals surface area contributed by atoms with Gasteiger partial charge in [-0.3, -0.25) is 4.79 Å². The molecule has 3 aromatic carbocycles. The molecule has 0 saturated carbocycles. The number of carbonyl (C=O) groups excluding carboxylic acids is 1. The fraction of sp³-hybridized carbons (Fsp3) is 0.222. The second-order valence-corrected chi connectivity index (χ2v) is 7.31. The maximum Gasteiger partial charge on any atom is 0.311 e. The van der Waals surface area contributed by atoms with Crippen LogP contribution >= 0.6 is 0 Å². The van der Waals surface area contributed by atoms with Crippen LogP contribution in [0.15, 0.2) is 89.2 Å². The van der Waals surface area contributed by atoms with Crippen molar-refractivity contribution in [3.8, 4) is 11.5 Å². The van der Waals surface area contributed by atoms with Gasteiger partial charge in [0.1, 0.15) is 44.6 Å². The molecule has 0 fully saturated rings. The highest BCUT2D eigenvalue weighted by molar-refractivity contribution is 6.09. The van der Waals surface area contributed by atoms with E-state index in [1.165, 1.54) is 21.3 Å². The molecule has 0 aliphatic heterocycles. The van der Waals surface area contributed by atoms with Gasteiger partial charge >= 0.3 is 5.97 Å². The first-order valence-electron chi connectivity index (χ1n) is 10.9. The number of oxime groups is 2. The zero-order chi connectivity index (χ0) is 24.9. The lowest BCUT2D eigenvalue weighted by Gasteiger charge is -2.11. The molecule has 0 saturated heterocycles. The fourth-order valence-corrected chi connectivity index (χ4v) is 3.15. The van der Waals surface area contributed by atoms with E-state index in [9.17, 15) is 4.79 Å². The van der Waals surface area contributed by atoms with Crippen LogP contribution in [0.2, 0.25) is 0 Å². The highest BCUT2D eigenvalue weighted by atomic mass is 16.6. The molecule has 0 aliphatic carbocycles. The summed E-state index contributed by atoms with van der Waals surface area (Å²) in [7, 11) is 4.28.